The van der Waals surface area contributed by atoms with Gasteiger partial charge in [0.25, 0.3) is 0 Å². The number of rotatable bonds is 2. The normalized spacial score (nSPS) is 19.7. The number of hydrogen-bond acceptors (Lipinski definition) is 4. The molecule has 5 nitrogen and oxygen atoms in total. The maximum absolute atomic E-state index is 13.2. The molecule has 1 aromatic heterocycles. The van der Waals surface area contributed by atoms with Gasteiger partial charge in [-0.3, -0.25) is 14.5 Å². The molecule has 4 rings (SSSR count). The summed E-state index contributed by atoms with van der Waals surface area (Å²) in [5.41, 5.74) is 3.16. The summed E-state index contributed by atoms with van der Waals surface area (Å²) in [6.45, 7) is 3.75. The van der Waals surface area contributed by atoms with Crippen LogP contribution in [0.25, 0.3) is 0 Å². The molecule has 0 bridgehead atoms. The lowest BCUT2D eigenvalue weighted by atomic mass is 9.87. The summed E-state index contributed by atoms with van der Waals surface area (Å²) >= 11 is 0. The van der Waals surface area contributed by atoms with Crippen LogP contribution in [0.15, 0.2) is 58.3 Å². The summed E-state index contributed by atoms with van der Waals surface area (Å²) in [6, 6.07) is 10.8. The molecule has 1 amide bonds. The van der Waals surface area contributed by atoms with E-state index < -0.39 is 6.04 Å². The van der Waals surface area contributed by atoms with Gasteiger partial charge in [0.1, 0.15) is 11.8 Å². The quantitative estimate of drug-likeness (QED) is 0.869. The topological polar surface area (TPSA) is 62.6 Å². The van der Waals surface area contributed by atoms with Crippen LogP contribution in [-0.4, -0.2) is 11.7 Å². The Labute approximate surface area is 152 Å². The largest absolute Gasteiger partial charge is 0.467 e. The number of nitrogens with zero attached hydrogens (tertiary/aromatic N) is 1. The summed E-state index contributed by atoms with van der Waals surface area (Å²) in [6.07, 6.45) is 3.69. The summed E-state index contributed by atoms with van der Waals surface area (Å²) in [5, 5.41) is 3.43. The van der Waals surface area contributed by atoms with E-state index in [1.165, 1.54) is 0 Å². The van der Waals surface area contributed by atoms with Crippen molar-refractivity contribution in [3.05, 3.63) is 59.7 Å². The molecule has 0 saturated carbocycles. The molecule has 1 aliphatic carbocycles. The van der Waals surface area contributed by atoms with Crippen molar-refractivity contribution >= 4 is 23.1 Å². The minimum absolute atomic E-state index is 0.0345. The van der Waals surface area contributed by atoms with Crippen molar-refractivity contribution in [2.75, 3.05) is 10.2 Å². The number of ketones is 1. The third kappa shape index (κ3) is 2.64. The smallest absolute Gasteiger partial charge is 0.230 e. The summed E-state index contributed by atoms with van der Waals surface area (Å²) < 4.78 is 5.69. The molecule has 5 heteroatoms. The van der Waals surface area contributed by atoms with E-state index in [-0.39, 0.29) is 17.6 Å². The monoisotopic (exact) mass is 350 g/mol. The van der Waals surface area contributed by atoms with Gasteiger partial charge in [-0.1, -0.05) is 26.0 Å². The predicted octanol–water partition coefficient (Wildman–Crippen LogP) is 4.44. The summed E-state index contributed by atoms with van der Waals surface area (Å²) in [5.74, 6) is 0.448. The van der Waals surface area contributed by atoms with Crippen molar-refractivity contribution in [3.8, 4) is 0 Å². The summed E-state index contributed by atoms with van der Waals surface area (Å²) in [7, 11) is 0. The number of para-hydroxylation sites is 2. The van der Waals surface area contributed by atoms with Gasteiger partial charge in [-0.2, -0.15) is 0 Å². The molecular formula is C21H22N2O3. The van der Waals surface area contributed by atoms with Gasteiger partial charge in [-0.05, 0) is 37.1 Å². The second kappa shape index (κ2) is 6.48. The van der Waals surface area contributed by atoms with Gasteiger partial charge in [-0.15, -0.1) is 0 Å². The van der Waals surface area contributed by atoms with E-state index in [1.54, 1.807) is 17.2 Å². The Bertz CT molecular complexity index is 880. The van der Waals surface area contributed by atoms with Crippen molar-refractivity contribution in [1.29, 1.82) is 0 Å². The molecule has 2 aliphatic rings. The molecule has 0 saturated heterocycles. The molecule has 26 heavy (non-hydrogen) atoms. The number of benzene rings is 1. The van der Waals surface area contributed by atoms with Crippen LogP contribution in [0.2, 0.25) is 0 Å². The van der Waals surface area contributed by atoms with Gasteiger partial charge in [0, 0.05) is 23.6 Å². The number of anilines is 2. The second-order valence-corrected chi connectivity index (χ2v) is 7.09. The minimum atomic E-state index is -0.543. The van der Waals surface area contributed by atoms with E-state index in [0.717, 1.165) is 29.9 Å². The molecule has 1 unspecified atom stereocenters. The zero-order chi connectivity index (χ0) is 18.3. The van der Waals surface area contributed by atoms with Crippen LogP contribution < -0.4 is 10.2 Å². The number of carbonyl (C=O) groups excluding carboxylic acids is 2. The van der Waals surface area contributed by atoms with Crippen molar-refractivity contribution in [2.24, 2.45) is 5.92 Å². The predicted molar refractivity (Wildman–Crippen MR) is 99.7 cm³/mol. The van der Waals surface area contributed by atoms with Gasteiger partial charge >= 0.3 is 0 Å². The molecule has 2 heterocycles. The first kappa shape index (κ1) is 16.6. The average molecular weight is 350 g/mol. The van der Waals surface area contributed by atoms with Crippen molar-refractivity contribution in [2.45, 2.75) is 39.2 Å². The highest BCUT2D eigenvalue weighted by atomic mass is 16.3. The van der Waals surface area contributed by atoms with Gasteiger partial charge in [0.2, 0.25) is 5.91 Å². The van der Waals surface area contributed by atoms with Crippen LogP contribution in [0.4, 0.5) is 11.4 Å². The fourth-order valence-corrected chi connectivity index (χ4v) is 3.77. The Balaban J connectivity index is 2.00. The standard InChI is InChI=1S/C21H22N2O3/c1-13(2)21(25)23-16-9-4-3-7-14(16)22-15-8-5-10-17(24)19(15)20(23)18-11-6-12-26-18/h3-4,6-7,9,11-13,20,22H,5,8,10H2,1-2H3. The van der Waals surface area contributed by atoms with Gasteiger partial charge < -0.3 is 9.73 Å². The number of furan rings is 1. The Morgan fingerprint density at radius 3 is 2.73 bits per heavy atom. The van der Waals surface area contributed by atoms with Crippen molar-refractivity contribution < 1.29 is 14.0 Å². The van der Waals surface area contributed by atoms with Gasteiger partial charge in [-0.25, -0.2) is 0 Å². The van der Waals surface area contributed by atoms with Gasteiger partial charge in [0.15, 0.2) is 5.78 Å². The zero-order valence-electron chi connectivity index (χ0n) is 15.0. The molecular weight excluding hydrogens is 328 g/mol. The molecule has 1 aliphatic heterocycles. The van der Waals surface area contributed by atoms with E-state index in [2.05, 4.69) is 5.32 Å². The maximum atomic E-state index is 13.2. The molecule has 2 aromatic rings. The Morgan fingerprint density at radius 1 is 1.19 bits per heavy atom. The number of nitrogens with one attached hydrogen (secondary N) is 1. The number of allylic oxidation sites excluding steroid dienone is 1. The van der Waals surface area contributed by atoms with Crippen LogP contribution in [0, 0.1) is 5.92 Å². The van der Waals surface area contributed by atoms with E-state index in [0.29, 0.717) is 17.8 Å². The molecule has 0 radical (unpaired) electrons. The second-order valence-electron chi connectivity index (χ2n) is 7.09. The number of amides is 1. The SMILES string of the molecule is CC(C)C(=O)N1c2ccccc2NC2=C(C(=O)CCC2)C1c1ccco1. The van der Waals surface area contributed by atoms with E-state index >= 15 is 0 Å². The molecule has 1 aromatic carbocycles. The Kier molecular flexibility index (Phi) is 4.15. The zero-order valence-corrected chi connectivity index (χ0v) is 15.0. The lowest BCUT2D eigenvalue weighted by Gasteiger charge is -2.33. The fourth-order valence-electron chi connectivity index (χ4n) is 3.77. The molecule has 134 valence electrons. The highest BCUT2D eigenvalue weighted by molar-refractivity contribution is 6.06. The third-order valence-electron chi connectivity index (χ3n) is 4.98. The number of hydrogen-bond donors (Lipinski definition) is 1. The van der Waals surface area contributed by atoms with Crippen LogP contribution in [0.1, 0.15) is 44.9 Å². The average Bonchev–Trinajstić information content (AvgIpc) is 3.10. The lowest BCUT2D eigenvalue weighted by Crippen LogP contribution is -2.40. The third-order valence-corrected chi connectivity index (χ3v) is 4.98. The molecule has 1 atom stereocenters. The first-order chi connectivity index (χ1) is 12.6. The maximum Gasteiger partial charge on any atom is 0.230 e. The molecule has 0 fully saturated rings. The summed E-state index contributed by atoms with van der Waals surface area (Å²) in [4.78, 5) is 27.9. The molecule has 0 spiro atoms. The first-order valence-electron chi connectivity index (χ1n) is 9.06. The van der Waals surface area contributed by atoms with E-state index in [1.807, 2.05) is 44.2 Å². The fraction of sp³-hybridized carbons (Fsp3) is 0.333. The van der Waals surface area contributed by atoms with E-state index in [4.69, 9.17) is 4.42 Å². The van der Waals surface area contributed by atoms with Crippen LogP contribution in [0.5, 0.6) is 0 Å². The number of carbonyl (C=O) groups is 2. The molecule has 1 N–H and O–H groups in total. The lowest BCUT2D eigenvalue weighted by molar-refractivity contribution is -0.122. The van der Waals surface area contributed by atoms with E-state index in [9.17, 15) is 9.59 Å². The van der Waals surface area contributed by atoms with Crippen molar-refractivity contribution in [1.82, 2.24) is 0 Å². The van der Waals surface area contributed by atoms with Gasteiger partial charge in [0.05, 0.1) is 17.6 Å². The van der Waals surface area contributed by atoms with Crippen LogP contribution in [-0.2, 0) is 9.59 Å². The van der Waals surface area contributed by atoms with Crippen molar-refractivity contribution in [3.63, 3.8) is 0 Å². The van der Waals surface area contributed by atoms with Crippen LogP contribution >= 0.6 is 0 Å². The number of fused-ring (bicyclic) bond motifs is 1. The first-order valence-corrected chi connectivity index (χ1v) is 9.06. The van der Waals surface area contributed by atoms with Crippen LogP contribution in [0.3, 0.4) is 0 Å². The minimum Gasteiger partial charge on any atom is -0.467 e. The number of Topliss-reactive ketones (excluding diaryl/α,β-unsaturated/α-hetero) is 1. The Hall–Kier alpha value is -2.82. The highest BCUT2D eigenvalue weighted by Gasteiger charge is 2.41. The Morgan fingerprint density at radius 2 is 2.00 bits per heavy atom. The highest BCUT2D eigenvalue weighted by Crippen LogP contribution is 2.45.